The Balaban J connectivity index is 1.80. The van der Waals surface area contributed by atoms with E-state index in [2.05, 4.69) is 5.32 Å². The lowest BCUT2D eigenvalue weighted by molar-refractivity contribution is -0.120. The number of aromatic nitrogens is 2. The molecule has 1 N–H and O–H groups in total. The van der Waals surface area contributed by atoms with Crippen LogP contribution in [0.15, 0.2) is 59.4 Å². The van der Waals surface area contributed by atoms with Gasteiger partial charge >= 0.3 is 0 Å². The van der Waals surface area contributed by atoms with Crippen molar-refractivity contribution < 1.29 is 9.18 Å². The molecule has 0 unspecified atom stereocenters. The summed E-state index contributed by atoms with van der Waals surface area (Å²) >= 11 is 0. The summed E-state index contributed by atoms with van der Waals surface area (Å²) in [5.41, 5.74) is 1.82. The van der Waals surface area contributed by atoms with E-state index in [0.29, 0.717) is 16.9 Å². The maximum absolute atomic E-state index is 13.9. The third kappa shape index (κ3) is 4.14. The quantitative estimate of drug-likeness (QED) is 0.697. The molecule has 0 aliphatic rings. The number of rotatable bonds is 6. The third-order valence-corrected chi connectivity index (χ3v) is 5.22. The first-order valence-electron chi connectivity index (χ1n) is 9.39. The Kier molecular flexibility index (Phi) is 5.98. The summed E-state index contributed by atoms with van der Waals surface area (Å²) in [5, 5.41) is 2.76. The van der Waals surface area contributed by atoms with E-state index in [1.165, 1.54) is 10.7 Å². The van der Waals surface area contributed by atoms with Gasteiger partial charge in [-0.2, -0.15) is 0 Å². The van der Waals surface area contributed by atoms with Crippen LogP contribution >= 0.6 is 0 Å². The number of nitrogens with one attached hydrogen (secondary N) is 1. The van der Waals surface area contributed by atoms with Crippen molar-refractivity contribution in [2.24, 2.45) is 7.05 Å². The molecule has 0 radical (unpaired) electrons. The molecule has 3 aromatic rings. The minimum absolute atomic E-state index is 0.243. The molecule has 3 rings (SSSR count). The summed E-state index contributed by atoms with van der Waals surface area (Å²) in [7, 11) is 3.52. The van der Waals surface area contributed by atoms with E-state index in [4.69, 9.17) is 0 Å². The second-order valence-corrected chi connectivity index (χ2v) is 7.11. The van der Waals surface area contributed by atoms with Gasteiger partial charge < -0.3 is 5.32 Å². The van der Waals surface area contributed by atoms with Gasteiger partial charge in [0.15, 0.2) is 0 Å². The van der Waals surface area contributed by atoms with Crippen molar-refractivity contribution >= 4 is 11.6 Å². The van der Waals surface area contributed by atoms with Crippen LogP contribution in [-0.2, 0) is 18.4 Å². The molecule has 0 fully saturated rings. The van der Waals surface area contributed by atoms with Crippen molar-refractivity contribution in [3.63, 3.8) is 0 Å². The topological polar surface area (TPSA) is 59.3 Å². The van der Waals surface area contributed by atoms with Gasteiger partial charge in [0.2, 0.25) is 5.91 Å². The molecule has 1 aromatic heterocycles. The van der Waals surface area contributed by atoms with Crippen molar-refractivity contribution in [2.75, 3.05) is 12.4 Å². The molecule has 6 nitrogen and oxygen atoms in total. The summed E-state index contributed by atoms with van der Waals surface area (Å²) in [6, 6.07) is 15.2. The normalized spacial score (nSPS) is 12.2. The number of amides is 1. The highest BCUT2D eigenvalue weighted by atomic mass is 19.1. The summed E-state index contributed by atoms with van der Waals surface area (Å²) in [6.45, 7) is 3.79. The summed E-state index contributed by atoms with van der Waals surface area (Å²) in [4.78, 5) is 27.5. The average Bonchev–Trinajstić information content (AvgIpc) is 2.92. The van der Waals surface area contributed by atoms with Crippen molar-refractivity contribution in [3.05, 3.63) is 82.0 Å². The molecular formula is C22H25FN4O2. The van der Waals surface area contributed by atoms with Gasteiger partial charge in [0.1, 0.15) is 11.5 Å². The molecule has 2 aromatic carbocycles. The van der Waals surface area contributed by atoms with E-state index in [0.717, 1.165) is 0 Å². The van der Waals surface area contributed by atoms with Crippen LogP contribution in [0.25, 0.3) is 5.69 Å². The number of nitrogens with zero attached hydrogens (tertiary/aromatic N) is 3. The van der Waals surface area contributed by atoms with E-state index in [1.54, 1.807) is 55.7 Å². The molecule has 1 atom stereocenters. The molecule has 0 aliphatic carbocycles. The lowest BCUT2D eigenvalue weighted by Gasteiger charge is -2.23. The van der Waals surface area contributed by atoms with E-state index < -0.39 is 6.04 Å². The van der Waals surface area contributed by atoms with Gasteiger partial charge in [0, 0.05) is 19.2 Å². The van der Waals surface area contributed by atoms with Gasteiger partial charge in [0.25, 0.3) is 5.56 Å². The van der Waals surface area contributed by atoms with Crippen LogP contribution in [0.3, 0.4) is 0 Å². The molecule has 0 saturated heterocycles. The van der Waals surface area contributed by atoms with Crippen LogP contribution in [0.5, 0.6) is 0 Å². The minimum atomic E-state index is -0.557. The zero-order valence-corrected chi connectivity index (χ0v) is 17.0. The van der Waals surface area contributed by atoms with Crippen molar-refractivity contribution in [3.8, 4) is 5.69 Å². The Bertz CT molecular complexity index is 1070. The van der Waals surface area contributed by atoms with Crippen LogP contribution in [0.4, 0.5) is 10.1 Å². The molecule has 7 heteroatoms. The first-order valence-corrected chi connectivity index (χ1v) is 9.39. The number of likely N-dealkylation sites (N-methyl/N-ethyl adjacent to an activating group) is 1. The first kappa shape index (κ1) is 20.5. The summed E-state index contributed by atoms with van der Waals surface area (Å²) in [6.07, 6.45) is 0. The smallest absolute Gasteiger partial charge is 0.295 e. The Morgan fingerprint density at radius 2 is 1.76 bits per heavy atom. The largest absolute Gasteiger partial charge is 0.319 e. The van der Waals surface area contributed by atoms with E-state index in [-0.39, 0.29) is 29.5 Å². The third-order valence-electron chi connectivity index (χ3n) is 5.22. The molecule has 1 heterocycles. The lowest BCUT2D eigenvalue weighted by atomic mass is 10.1. The van der Waals surface area contributed by atoms with E-state index >= 15 is 0 Å². The summed E-state index contributed by atoms with van der Waals surface area (Å²) in [5.74, 6) is -0.633. The predicted molar refractivity (Wildman–Crippen MR) is 112 cm³/mol. The molecule has 152 valence electrons. The van der Waals surface area contributed by atoms with Crippen LogP contribution in [-0.4, -0.2) is 33.3 Å². The number of carbonyl (C=O) groups is 1. The number of benzene rings is 2. The van der Waals surface area contributed by atoms with E-state index in [9.17, 15) is 14.0 Å². The second kappa shape index (κ2) is 8.45. The zero-order chi connectivity index (χ0) is 21.1. The molecular weight excluding hydrogens is 371 g/mol. The number of para-hydroxylation sites is 1. The van der Waals surface area contributed by atoms with Gasteiger partial charge in [-0.3, -0.25) is 19.2 Å². The van der Waals surface area contributed by atoms with Crippen molar-refractivity contribution in [1.82, 2.24) is 14.3 Å². The number of carbonyl (C=O) groups excluding carboxylic acids is 1. The fourth-order valence-electron chi connectivity index (χ4n) is 3.17. The van der Waals surface area contributed by atoms with Gasteiger partial charge in [-0.05, 0) is 39.1 Å². The monoisotopic (exact) mass is 396 g/mol. The second-order valence-electron chi connectivity index (χ2n) is 7.11. The SMILES string of the molecule is Cc1c(NC(=O)[C@@H](C)N(C)Cc2ccccc2F)c(=O)n(-c2ccccc2)n1C. The fourth-order valence-corrected chi connectivity index (χ4v) is 3.17. The van der Waals surface area contributed by atoms with Crippen molar-refractivity contribution in [1.29, 1.82) is 0 Å². The van der Waals surface area contributed by atoms with E-state index in [1.807, 2.05) is 30.3 Å². The Morgan fingerprint density at radius 1 is 1.14 bits per heavy atom. The average molecular weight is 396 g/mol. The Labute approximate surface area is 169 Å². The van der Waals surface area contributed by atoms with Gasteiger partial charge in [-0.1, -0.05) is 36.4 Å². The first-order chi connectivity index (χ1) is 13.8. The number of hydrogen-bond acceptors (Lipinski definition) is 3. The maximum Gasteiger partial charge on any atom is 0.295 e. The Morgan fingerprint density at radius 3 is 2.41 bits per heavy atom. The van der Waals surface area contributed by atoms with Crippen LogP contribution < -0.4 is 10.9 Å². The highest BCUT2D eigenvalue weighted by Crippen LogP contribution is 2.16. The highest BCUT2D eigenvalue weighted by molar-refractivity contribution is 5.94. The van der Waals surface area contributed by atoms with Crippen molar-refractivity contribution in [2.45, 2.75) is 26.4 Å². The maximum atomic E-state index is 13.9. The van der Waals surface area contributed by atoms with Gasteiger partial charge in [-0.25, -0.2) is 9.07 Å². The minimum Gasteiger partial charge on any atom is -0.319 e. The van der Waals surface area contributed by atoms with Crippen LogP contribution in [0, 0.1) is 12.7 Å². The van der Waals surface area contributed by atoms with Gasteiger partial charge in [0.05, 0.1) is 17.4 Å². The highest BCUT2D eigenvalue weighted by Gasteiger charge is 2.23. The number of anilines is 1. The molecule has 29 heavy (non-hydrogen) atoms. The number of halogens is 1. The zero-order valence-electron chi connectivity index (χ0n) is 17.0. The van der Waals surface area contributed by atoms with Gasteiger partial charge in [-0.15, -0.1) is 0 Å². The standard InChI is InChI=1S/C22H25FN4O2/c1-15-20(22(29)27(26(15)4)18-11-6-5-7-12-18)24-21(28)16(2)25(3)14-17-10-8-9-13-19(17)23/h5-13,16H,14H2,1-4H3,(H,24,28)/t16-/m1/s1. The fraction of sp³-hybridized carbons (Fsp3) is 0.273. The van der Waals surface area contributed by atoms with Crippen LogP contribution in [0.2, 0.25) is 0 Å². The molecule has 0 bridgehead atoms. The number of hydrogen-bond donors (Lipinski definition) is 1. The molecule has 1 amide bonds. The molecule has 0 saturated carbocycles. The Hall–Kier alpha value is -3.19. The molecule has 0 aliphatic heterocycles. The lowest BCUT2D eigenvalue weighted by Crippen LogP contribution is -2.40. The summed E-state index contributed by atoms with van der Waals surface area (Å²) < 4.78 is 17.1. The predicted octanol–water partition coefficient (Wildman–Crippen LogP) is 3.08. The molecule has 0 spiro atoms. The van der Waals surface area contributed by atoms with Crippen LogP contribution in [0.1, 0.15) is 18.2 Å².